The second-order valence-corrected chi connectivity index (χ2v) is 6.33. The molecular weight excluding hydrogens is 240 g/mol. The van der Waals surface area contributed by atoms with Crippen molar-refractivity contribution in [3.63, 3.8) is 0 Å². The average molecular weight is 270 g/mol. The smallest absolute Gasteiger partial charge is 0.224 e. The Morgan fingerprint density at radius 1 is 1.32 bits per heavy atom. The van der Waals surface area contributed by atoms with Crippen LogP contribution in [0, 0.1) is 5.92 Å². The van der Waals surface area contributed by atoms with Gasteiger partial charge in [0, 0.05) is 32.2 Å². The van der Waals surface area contributed by atoms with Gasteiger partial charge in [-0.3, -0.25) is 4.79 Å². The molecule has 0 aromatic carbocycles. The molecule has 4 nitrogen and oxygen atoms in total. The van der Waals surface area contributed by atoms with Crippen LogP contribution < -0.4 is 5.73 Å². The highest BCUT2D eigenvalue weighted by molar-refractivity contribution is 5.77. The second-order valence-electron chi connectivity index (χ2n) is 6.33. The molecule has 0 heterocycles. The normalized spacial score (nSPS) is 18.6. The average Bonchev–Trinajstić information content (AvgIpc) is 2.34. The maximum Gasteiger partial charge on any atom is 0.224 e. The number of ether oxygens (including phenoxy) is 1. The van der Waals surface area contributed by atoms with Crippen LogP contribution in [0.4, 0.5) is 0 Å². The van der Waals surface area contributed by atoms with Gasteiger partial charge in [0.2, 0.25) is 5.91 Å². The zero-order chi connectivity index (χ0) is 14.3. The van der Waals surface area contributed by atoms with Crippen LogP contribution in [0.2, 0.25) is 0 Å². The van der Waals surface area contributed by atoms with E-state index in [2.05, 4.69) is 13.8 Å². The van der Waals surface area contributed by atoms with Crippen molar-refractivity contribution in [1.82, 2.24) is 4.90 Å². The van der Waals surface area contributed by atoms with Gasteiger partial charge in [-0.2, -0.15) is 0 Å². The van der Waals surface area contributed by atoms with E-state index in [1.165, 1.54) is 6.42 Å². The fourth-order valence-electron chi connectivity index (χ4n) is 2.81. The van der Waals surface area contributed by atoms with E-state index < -0.39 is 0 Å². The molecule has 0 aromatic heterocycles. The molecule has 1 amide bonds. The van der Waals surface area contributed by atoms with Gasteiger partial charge in [-0.1, -0.05) is 33.1 Å². The van der Waals surface area contributed by atoms with Crippen LogP contribution in [-0.2, 0) is 9.53 Å². The largest absolute Gasteiger partial charge is 0.383 e. The SMILES string of the molecule is COCCN(CC(C)C)C(=O)CC1(N)CCCCC1. The summed E-state index contributed by atoms with van der Waals surface area (Å²) in [5.74, 6) is 0.663. The summed E-state index contributed by atoms with van der Waals surface area (Å²) in [6, 6.07) is 0. The van der Waals surface area contributed by atoms with Crippen LogP contribution in [0.25, 0.3) is 0 Å². The van der Waals surface area contributed by atoms with E-state index in [0.29, 0.717) is 25.5 Å². The number of hydrogen-bond acceptors (Lipinski definition) is 3. The maximum absolute atomic E-state index is 12.4. The van der Waals surface area contributed by atoms with Crippen LogP contribution >= 0.6 is 0 Å². The van der Waals surface area contributed by atoms with Gasteiger partial charge in [-0.05, 0) is 18.8 Å². The maximum atomic E-state index is 12.4. The number of rotatable bonds is 7. The van der Waals surface area contributed by atoms with Gasteiger partial charge >= 0.3 is 0 Å². The Bertz CT molecular complexity index is 273. The molecule has 112 valence electrons. The molecule has 0 bridgehead atoms. The van der Waals surface area contributed by atoms with Gasteiger partial charge in [-0.25, -0.2) is 0 Å². The minimum atomic E-state index is -0.266. The summed E-state index contributed by atoms with van der Waals surface area (Å²) in [6.07, 6.45) is 6.03. The molecule has 0 spiro atoms. The number of carbonyl (C=O) groups is 1. The molecule has 0 unspecified atom stereocenters. The number of nitrogens with zero attached hydrogens (tertiary/aromatic N) is 1. The summed E-state index contributed by atoms with van der Waals surface area (Å²) < 4.78 is 5.09. The van der Waals surface area contributed by atoms with Crippen molar-refractivity contribution in [3.8, 4) is 0 Å². The van der Waals surface area contributed by atoms with Crippen LogP contribution in [0.1, 0.15) is 52.4 Å². The summed E-state index contributed by atoms with van der Waals surface area (Å²) in [7, 11) is 1.67. The van der Waals surface area contributed by atoms with E-state index in [-0.39, 0.29) is 11.4 Å². The third-order valence-electron chi connectivity index (χ3n) is 3.86. The molecule has 0 aromatic rings. The first-order valence-corrected chi connectivity index (χ1v) is 7.52. The Balaban J connectivity index is 2.54. The Morgan fingerprint density at radius 2 is 1.95 bits per heavy atom. The van der Waals surface area contributed by atoms with Crippen molar-refractivity contribution < 1.29 is 9.53 Å². The number of amides is 1. The summed E-state index contributed by atoms with van der Waals surface area (Å²) in [5.41, 5.74) is 6.11. The molecule has 1 saturated carbocycles. The van der Waals surface area contributed by atoms with Crippen molar-refractivity contribution in [2.24, 2.45) is 11.7 Å². The highest BCUT2D eigenvalue weighted by atomic mass is 16.5. The van der Waals surface area contributed by atoms with E-state index in [1.54, 1.807) is 7.11 Å². The highest BCUT2D eigenvalue weighted by Gasteiger charge is 2.31. The van der Waals surface area contributed by atoms with Crippen molar-refractivity contribution >= 4 is 5.91 Å². The Morgan fingerprint density at radius 3 is 2.47 bits per heavy atom. The lowest BCUT2D eigenvalue weighted by molar-refractivity contribution is -0.134. The summed E-state index contributed by atoms with van der Waals surface area (Å²) in [4.78, 5) is 14.4. The van der Waals surface area contributed by atoms with Gasteiger partial charge in [0.05, 0.1) is 6.61 Å². The molecule has 0 aliphatic heterocycles. The monoisotopic (exact) mass is 270 g/mol. The molecule has 0 atom stereocenters. The van der Waals surface area contributed by atoms with Crippen LogP contribution in [-0.4, -0.2) is 43.2 Å². The third-order valence-corrected chi connectivity index (χ3v) is 3.86. The second kappa shape index (κ2) is 7.85. The quantitative estimate of drug-likeness (QED) is 0.771. The molecule has 1 rings (SSSR count). The molecule has 0 radical (unpaired) electrons. The summed E-state index contributed by atoms with van der Waals surface area (Å²) >= 11 is 0. The standard InChI is InChI=1S/C15H30N2O2/c1-13(2)12-17(9-10-19-3)14(18)11-15(16)7-5-4-6-8-15/h13H,4-12,16H2,1-3H3. The van der Waals surface area contributed by atoms with E-state index >= 15 is 0 Å². The molecule has 4 heteroatoms. The lowest BCUT2D eigenvalue weighted by atomic mass is 9.80. The molecule has 2 N–H and O–H groups in total. The zero-order valence-electron chi connectivity index (χ0n) is 12.8. The van der Waals surface area contributed by atoms with Crippen molar-refractivity contribution in [2.75, 3.05) is 26.8 Å². The van der Waals surface area contributed by atoms with E-state index in [4.69, 9.17) is 10.5 Å². The van der Waals surface area contributed by atoms with Gasteiger partial charge < -0.3 is 15.4 Å². The fourth-order valence-corrected chi connectivity index (χ4v) is 2.81. The predicted molar refractivity (Wildman–Crippen MR) is 77.9 cm³/mol. The molecular formula is C15H30N2O2. The number of carbonyl (C=O) groups excluding carboxylic acids is 1. The Labute approximate surface area is 117 Å². The first-order chi connectivity index (χ1) is 8.97. The van der Waals surface area contributed by atoms with Crippen molar-refractivity contribution in [1.29, 1.82) is 0 Å². The number of nitrogens with two attached hydrogens (primary N) is 1. The third kappa shape index (κ3) is 5.91. The first kappa shape index (κ1) is 16.4. The topological polar surface area (TPSA) is 55.6 Å². The van der Waals surface area contributed by atoms with Crippen LogP contribution in [0.3, 0.4) is 0 Å². The fraction of sp³-hybridized carbons (Fsp3) is 0.933. The minimum Gasteiger partial charge on any atom is -0.383 e. The van der Waals surface area contributed by atoms with Crippen molar-refractivity contribution in [2.45, 2.75) is 57.9 Å². The van der Waals surface area contributed by atoms with Gasteiger partial charge in [0.1, 0.15) is 0 Å². The summed E-state index contributed by atoms with van der Waals surface area (Å²) in [5, 5.41) is 0. The van der Waals surface area contributed by atoms with E-state index in [1.807, 2.05) is 4.90 Å². The lowest BCUT2D eigenvalue weighted by Gasteiger charge is -2.35. The van der Waals surface area contributed by atoms with E-state index in [0.717, 1.165) is 32.2 Å². The number of hydrogen-bond donors (Lipinski definition) is 1. The van der Waals surface area contributed by atoms with Gasteiger partial charge in [0.25, 0.3) is 0 Å². The van der Waals surface area contributed by atoms with Crippen molar-refractivity contribution in [3.05, 3.63) is 0 Å². The number of methoxy groups -OCH3 is 1. The van der Waals surface area contributed by atoms with E-state index in [9.17, 15) is 4.79 Å². The Kier molecular flexibility index (Phi) is 6.80. The molecule has 19 heavy (non-hydrogen) atoms. The minimum absolute atomic E-state index is 0.190. The molecule has 1 fully saturated rings. The molecule has 0 saturated heterocycles. The Hall–Kier alpha value is -0.610. The first-order valence-electron chi connectivity index (χ1n) is 7.52. The predicted octanol–water partition coefficient (Wildman–Crippen LogP) is 2.17. The summed E-state index contributed by atoms with van der Waals surface area (Å²) in [6.45, 7) is 6.32. The zero-order valence-corrected chi connectivity index (χ0v) is 12.8. The highest BCUT2D eigenvalue weighted by Crippen LogP contribution is 2.29. The van der Waals surface area contributed by atoms with Gasteiger partial charge in [-0.15, -0.1) is 0 Å². The van der Waals surface area contributed by atoms with Crippen LogP contribution in [0.5, 0.6) is 0 Å². The van der Waals surface area contributed by atoms with Gasteiger partial charge in [0.15, 0.2) is 0 Å². The molecule has 1 aliphatic carbocycles. The lowest BCUT2D eigenvalue weighted by Crippen LogP contribution is -2.48. The molecule has 1 aliphatic rings. The van der Waals surface area contributed by atoms with Crippen LogP contribution in [0.15, 0.2) is 0 Å².